The van der Waals surface area contributed by atoms with Crippen molar-refractivity contribution in [1.82, 2.24) is 0 Å². The predicted molar refractivity (Wildman–Crippen MR) is 84.1 cm³/mol. The lowest BCUT2D eigenvalue weighted by molar-refractivity contribution is 0.592. The SMILES string of the molecule is N#C[C@@]1(N)[C@H](c2ccc(Cl)cc2)[C@@H]1S(=O)(=O)c1ccccc1. The molecule has 0 aliphatic heterocycles. The van der Waals surface area contributed by atoms with Crippen LogP contribution in [-0.4, -0.2) is 19.2 Å². The number of hydrogen-bond donors (Lipinski definition) is 1. The van der Waals surface area contributed by atoms with Crippen LogP contribution in [0.15, 0.2) is 59.5 Å². The molecule has 22 heavy (non-hydrogen) atoms. The van der Waals surface area contributed by atoms with Gasteiger partial charge in [-0.15, -0.1) is 0 Å². The molecular weight excluding hydrogens is 320 g/mol. The third-order valence-electron chi connectivity index (χ3n) is 4.01. The van der Waals surface area contributed by atoms with Crippen molar-refractivity contribution >= 4 is 21.4 Å². The van der Waals surface area contributed by atoms with Gasteiger partial charge in [0.05, 0.1) is 11.0 Å². The summed E-state index contributed by atoms with van der Waals surface area (Å²) in [5, 5.41) is 8.96. The van der Waals surface area contributed by atoms with E-state index in [0.717, 1.165) is 0 Å². The molecule has 2 N–H and O–H groups in total. The fourth-order valence-corrected chi connectivity index (χ4v) is 5.15. The zero-order valence-electron chi connectivity index (χ0n) is 11.5. The molecule has 0 amide bonds. The highest BCUT2D eigenvalue weighted by Crippen LogP contribution is 2.55. The molecule has 0 spiro atoms. The van der Waals surface area contributed by atoms with Crippen LogP contribution in [0, 0.1) is 11.3 Å². The van der Waals surface area contributed by atoms with Gasteiger partial charge in [-0.1, -0.05) is 41.9 Å². The van der Waals surface area contributed by atoms with Gasteiger partial charge in [-0.05, 0) is 29.8 Å². The number of nitrogens with zero attached hydrogens (tertiary/aromatic N) is 1. The Kier molecular flexibility index (Phi) is 3.48. The lowest BCUT2D eigenvalue weighted by Crippen LogP contribution is -2.29. The number of sulfone groups is 1. The fourth-order valence-electron chi connectivity index (χ4n) is 2.82. The summed E-state index contributed by atoms with van der Waals surface area (Å²) in [5.41, 5.74) is 5.35. The second-order valence-corrected chi connectivity index (χ2v) is 7.86. The van der Waals surface area contributed by atoms with Crippen LogP contribution < -0.4 is 5.73 Å². The van der Waals surface area contributed by atoms with Crippen LogP contribution in [0.2, 0.25) is 5.02 Å². The van der Waals surface area contributed by atoms with Crippen molar-refractivity contribution < 1.29 is 8.42 Å². The molecule has 0 heterocycles. The largest absolute Gasteiger partial charge is 0.312 e. The zero-order chi connectivity index (χ0) is 16.0. The topological polar surface area (TPSA) is 83.9 Å². The molecule has 6 heteroatoms. The van der Waals surface area contributed by atoms with E-state index in [2.05, 4.69) is 0 Å². The van der Waals surface area contributed by atoms with Crippen LogP contribution in [0.1, 0.15) is 11.5 Å². The monoisotopic (exact) mass is 332 g/mol. The predicted octanol–water partition coefficient (Wildman–Crippen LogP) is 2.50. The number of nitrogens with two attached hydrogens (primary N) is 1. The van der Waals surface area contributed by atoms with Gasteiger partial charge in [0.1, 0.15) is 10.8 Å². The lowest BCUT2D eigenvalue weighted by atomic mass is 10.1. The fraction of sp³-hybridized carbons (Fsp3) is 0.188. The molecule has 0 bridgehead atoms. The van der Waals surface area contributed by atoms with Gasteiger partial charge in [0, 0.05) is 10.9 Å². The maximum Gasteiger partial charge on any atom is 0.184 e. The molecule has 1 aliphatic carbocycles. The molecule has 1 fully saturated rings. The molecule has 3 atom stereocenters. The van der Waals surface area contributed by atoms with Gasteiger partial charge in [-0.3, -0.25) is 0 Å². The van der Waals surface area contributed by atoms with Crippen molar-refractivity contribution in [3.63, 3.8) is 0 Å². The molecule has 112 valence electrons. The van der Waals surface area contributed by atoms with Crippen molar-refractivity contribution in [1.29, 1.82) is 5.26 Å². The molecule has 2 aromatic carbocycles. The van der Waals surface area contributed by atoms with E-state index in [1.165, 1.54) is 12.1 Å². The van der Waals surface area contributed by atoms with Crippen LogP contribution in [0.4, 0.5) is 0 Å². The molecule has 4 nitrogen and oxygen atoms in total. The quantitative estimate of drug-likeness (QED) is 0.936. The highest BCUT2D eigenvalue weighted by molar-refractivity contribution is 7.92. The first-order valence-corrected chi connectivity index (χ1v) is 8.58. The highest BCUT2D eigenvalue weighted by atomic mass is 35.5. The highest BCUT2D eigenvalue weighted by Gasteiger charge is 2.70. The van der Waals surface area contributed by atoms with Crippen LogP contribution in [0.3, 0.4) is 0 Å². The van der Waals surface area contributed by atoms with Crippen LogP contribution in [0.5, 0.6) is 0 Å². The third kappa shape index (κ3) is 2.20. The zero-order valence-corrected chi connectivity index (χ0v) is 13.1. The minimum absolute atomic E-state index is 0.182. The summed E-state index contributed by atoms with van der Waals surface area (Å²) in [6.07, 6.45) is 0. The molecule has 0 saturated heterocycles. The molecule has 0 aromatic heterocycles. The summed E-state index contributed by atoms with van der Waals surface area (Å²) in [6, 6.07) is 16.8. The molecule has 0 radical (unpaired) electrons. The van der Waals surface area contributed by atoms with Crippen molar-refractivity contribution in [2.45, 2.75) is 21.6 Å². The Morgan fingerprint density at radius 2 is 1.68 bits per heavy atom. The van der Waals surface area contributed by atoms with E-state index in [4.69, 9.17) is 17.3 Å². The van der Waals surface area contributed by atoms with Gasteiger partial charge < -0.3 is 5.73 Å². The third-order valence-corrected chi connectivity index (χ3v) is 6.52. The van der Waals surface area contributed by atoms with Crippen molar-refractivity contribution in [2.75, 3.05) is 0 Å². The summed E-state index contributed by atoms with van der Waals surface area (Å²) in [5.74, 6) is -0.556. The summed E-state index contributed by atoms with van der Waals surface area (Å²) in [7, 11) is -3.67. The summed E-state index contributed by atoms with van der Waals surface area (Å²) in [4.78, 5) is 0.182. The lowest BCUT2D eigenvalue weighted by Gasteiger charge is -2.04. The standard InChI is InChI=1S/C16H13ClN2O2S/c17-12-8-6-11(7-9-12)14-15(16(14,19)10-18)22(20,21)13-4-2-1-3-5-13/h1-9,14-15H,19H2/t14-,15+,16-/m1/s1. The Labute approximate surface area is 134 Å². The van der Waals surface area contributed by atoms with Crippen molar-refractivity contribution in [3.05, 3.63) is 65.2 Å². The molecule has 0 unspecified atom stereocenters. The summed E-state index contributed by atoms with van der Waals surface area (Å²) < 4.78 is 25.5. The van der Waals surface area contributed by atoms with E-state index in [1.807, 2.05) is 6.07 Å². The normalized spacial score (nSPS) is 27.1. The Morgan fingerprint density at radius 3 is 2.23 bits per heavy atom. The van der Waals surface area contributed by atoms with Crippen LogP contribution in [0.25, 0.3) is 0 Å². The van der Waals surface area contributed by atoms with E-state index in [-0.39, 0.29) is 4.90 Å². The minimum Gasteiger partial charge on any atom is -0.312 e. The first kappa shape index (κ1) is 15.0. The Hall–Kier alpha value is -1.87. The second-order valence-electron chi connectivity index (χ2n) is 5.35. The summed E-state index contributed by atoms with van der Waals surface area (Å²) >= 11 is 5.85. The Balaban J connectivity index is 2.04. The van der Waals surface area contributed by atoms with Gasteiger partial charge in [-0.25, -0.2) is 8.42 Å². The Morgan fingerprint density at radius 1 is 1.09 bits per heavy atom. The number of benzene rings is 2. The molecule has 1 aliphatic rings. The maximum atomic E-state index is 12.8. The van der Waals surface area contributed by atoms with E-state index in [9.17, 15) is 13.7 Å². The average Bonchev–Trinajstić information content (AvgIpc) is 3.17. The first-order valence-electron chi connectivity index (χ1n) is 6.66. The number of nitriles is 1. The molecule has 1 saturated carbocycles. The van der Waals surface area contributed by atoms with Gasteiger partial charge >= 0.3 is 0 Å². The van der Waals surface area contributed by atoms with Gasteiger partial charge in [-0.2, -0.15) is 5.26 Å². The molecule has 3 rings (SSSR count). The van der Waals surface area contributed by atoms with Crippen molar-refractivity contribution in [2.24, 2.45) is 5.73 Å². The van der Waals surface area contributed by atoms with E-state index in [0.29, 0.717) is 10.6 Å². The van der Waals surface area contributed by atoms with Gasteiger partial charge in [0.2, 0.25) is 0 Å². The van der Waals surface area contributed by atoms with Crippen molar-refractivity contribution in [3.8, 4) is 6.07 Å². The van der Waals surface area contributed by atoms with Crippen LogP contribution in [-0.2, 0) is 9.84 Å². The number of hydrogen-bond acceptors (Lipinski definition) is 4. The first-order chi connectivity index (χ1) is 10.4. The maximum absolute atomic E-state index is 12.8. The number of halogens is 1. The second kappa shape index (κ2) is 5.10. The summed E-state index contributed by atoms with van der Waals surface area (Å²) in [6.45, 7) is 0. The smallest absolute Gasteiger partial charge is 0.184 e. The Bertz CT molecular complexity index is 844. The van der Waals surface area contributed by atoms with E-state index < -0.39 is 26.5 Å². The van der Waals surface area contributed by atoms with E-state index >= 15 is 0 Å². The van der Waals surface area contributed by atoms with Crippen LogP contribution >= 0.6 is 11.6 Å². The van der Waals surface area contributed by atoms with E-state index in [1.54, 1.807) is 42.5 Å². The van der Waals surface area contributed by atoms with Gasteiger partial charge in [0.25, 0.3) is 0 Å². The average molecular weight is 333 g/mol. The van der Waals surface area contributed by atoms with Gasteiger partial charge in [0.15, 0.2) is 9.84 Å². The number of rotatable bonds is 3. The molecule has 2 aromatic rings. The minimum atomic E-state index is -3.67. The molecular formula is C16H13ClN2O2S.